The van der Waals surface area contributed by atoms with Crippen molar-refractivity contribution in [2.45, 2.75) is 10.4 Å². The molecule has 6 heteroatoms. The Labute approximate surface area is 101 Å². The number of benzene rings is 1. The number of nitrogens with zero attached hydrogens (tertiary/aromatic N) is 2. The number of ether oxygens (including phenoxy) is 1. The lowest BCUT2D eigenvalue weighted by Gasteiger charge is -2.03. The fraction of sp³-hybridized carbons (Fsp3) is 0.182. The molecule has 0 bridgehead atoms. The van der Waals surface area contributed by atoms with Crippen LogP contribution in [-0.2, 0) is 9.53 Å². The second-order valence-electron chi connectivity index (χ2n) is 3.58. The van der Waals surface area contributed by atoms with Crippen LogP contribution in [0.15, 0.2) is 29.4 Å². The van der Waals surface area contributed by atoms with Crippen molar-refractivity contribution in [3.63, 3.8) is 0 Å². The molecular formula is C11H8N2O3S. The first-order valence-corrected chi connectivity index (χ1v) is 5.86. The summed E-state index contributed by atoms with van der Waals surface area (Å²) in [6.45, 7) is 0. The van der Waals surface area contributed by atoms with Crippen LogP contribution in [-0.4, -0.2) is 33.8 Å². The maximum atomic E-state index is 12.1. The predicted octanol–water partition coefficient (Wildman–Crippen LogP) is 1.32. The third-order valence-corrected chi connectivity index (χ3v) is 3.73. The molecule has 0 aliphatic carbocycles. The van der Waals surface area contributed by atoms with Gasteiger partial charge in [0.05, 0.1) is 18.1 Å². The second-order valence-corrected chi connectivity index (χ2v) is 4.65. The van der Waals surface area contributed by atoms with Crippen LogP contribution in [0.3, 0.4) is 0 Å². The minimum Gasteiger partial charge on any atom is -0.468 e. The molecule has 86 valence electrons. The first-order chi connectivity index (χ1) is 8.22. The van der Waals surface area contributed by atoms with Crippen molar-refractivity contribution in [2.24, 2.45) is 0 Å². The molecule has 1 aromatic carbocycles. The number of fused-ring (bicyclic) bond motifs is 3. The van der Waals surface area contributed by atoms with Gasteiger partial charge in [0.1, 0.15) is 0 Å². The van der Waals surface area contributed by atoms with Crippen molar-refractivity contribution in [2.75, 3.05) is 7.11 Å². The van der Waals surface area contributed by atoms with E-state index in [4.69, 9.17) is 0 Å². The molecule has 0 spiro atoms. The third kappa shape index (κ3) is 1.37. The molecule has 1 aliphatic heterocycles. The van der Waals surface area contributed by atoms with Gasteiger partial charge in [0.15, 0.2) is 10.4 Å². The Morgan fingerprint density at radius 1 is 1.47 bits per heavy atom. The van der Waals surface area contributed by atoms with Crippen molar-refractivity contribution in [1.82, 2.24) is 9.55 Å². The van der Waals surface area contributed by atoms with Gasteiger partial charge in [-0.05, 0) is 12.1 Å². The van der Waals surface area contributed by atoms with Crippen molar-refractivity contribution < 1.29 is 14.3 Å². The molecule has 2 aromatic rings. The number of hydrogen-bond donors (Lipinski definition) is 0. The summed E-state index contributed by atoms with van der Waals surface area (Å²) in [5.74, 6) is -0.819. The maximum Gasteiger partial charge on any atom is 0.329 e. The minimum atomic E-state index is -0.827. The molecule has 0 saturated heterocycles. The van der Waals surface area contributed by atoms with Crippen LogP contribution in [0.4, 0.5) is 0 Å². The molecule has 0 unspecified atom stereocenters. The Hall–Kier alpha value is -1.82. The zero-order chi connectivity index (χ0) is 12.0. The van der Waals surface area contributed by atoms with Gasteiger partial charge in [-0.1, -0.05) is 23.9 Å². The quantitative estimate of drug-likeness (QED) is 0.562. The molecule has 3 rings (SSSR count). The average molecular weight is 248 g/mol. The van der Waals surface area contributed by atoms with Gasteiger partial charge in [-0.15, -0.1) is 0 Å². The number of carbonyl (C=O) groups is 2. The number of thioether (sulfide) groups is 1. The lowest BCUT2D eigenvalue weighted by Crippen LogP contribution is -2.27. The molecule has 1 atom stereocenters. The molecule has 17 heavy (non-hydrogen) atoms. The maximum absolute atomic E-state index is 12.1. The monoisotopic (exact) mass is 248 g/mol. The van der Waals surface area contributed by atoms with E-state index in [1.165, 1.54) is 11.7 Å². The Morgan fingerprint density at radius 2 is 2.24 bits per heavy atom. The fourth-order valence-corrected chi connectivity index (χ4v) is 2.88. The number of carbonyl (C=O) groups excluding carboxylic acids is 2. The van der Waals surface area contributed by atoms with Crippen molar-refractivity contribution >= 4 is 34.7 Å². The number of aromatic nitrogens is 2. The summed E-state index contributed by atoms with van der Waals surface area (Å²) in [6.07, 6.45) is 0. The molecule has 1 aromatic heterocycles. The van der Waals surface area contributed by atoms with Crippen LogP contribution in [0.5, 0.6) is 0 Å². The summed E-state index contributed by atoms with van der Waals surface area (Å²) >= 11 is 1.13. The molecular weight excluding hydrogens is 240 g/mol. The highest BCUT2D eigenvalue weighted by atomic mass is 32.2. The van der Waals surface area contributed by atoms with E-state index in [9.17, 15) is 9.59 Å². The highest BCUT2D eigenvalue weighted by Crippen LogP contribution is 2.35. The minimum absolute atomic E-state index is 0.287. The highest BCUT2D eigenvalue weighted by Gasteiger charge is 2.40. The number of rotatable bonds is 1. The largest absolute Gasteiger partial charge is 0.468 e. The summed E-state index contributed by atoms with van der Waals surface area (Å²) in [5.41, 5.74) is 1.48. The van der Waals surface area contributed by atoms with E-state index in [0.29, 0.717) is 5.16 Å². The van der Waals surface area contributed by atoms with Gasteiger partial charge in [-0.3, -0.25) is 14.2 Å². The summed E-state index contributed by atoms with van der Waals surface area (Å²) in [6, 6.07) is 7.34. The molecule has 5 nitrogen and oxygen atoms in total. The number of para-hydroxylation sites is 2. The second kappa shape index (κ2) is 3.59. The summed E-state index contributed by atoms with van der Waals surface area (Å²) in [5, 5.41) is -0.279. The van der Waals surface area contributed by atoms with Gasteiger partial charge in [0, 0.05) is 0 Å². The van der Waals surface area contributed by atoms with E-state index in [-0.39, 0.29) is 5.91 Å². The Morgan fingerprint density at radius 3 is 3.00 bits per heavy atom. The van der Waals surface area contributed by atoms with Crippen molar-refractivity contribution in [3.8, 4) is 0 Å². The number of methoxy groups -OCH3 is 1. The Kier molecular flexibility index (Phi) is 2.19. The lowest BCUT2D eigenvalue weighted by atomic mass is 10.3. The predicted molar refractivity (Wildman–Crippen MR) is 62.0 cm³/mol. The zero-order valence-electron chi connectivity index (χ0n) is 8.91. The molecule has 0 radical (unpaired) electrons. The van der Waals surface area contributed by atoms with E-state index in [0.717, 1.165) is 22.8 Å². The highest BCUT2D eigenvalue weighted by molar-refractivity contribution is 8.01. The smallest absolute Gasteiger partial charge is 0.329 e. The van der Waals surface area contributed by atoms with Gasteiger partial charge in [0.2, 0.25) is 0 Å². The van der Waals surface area contributed by atoms with E-state index in [1.54, 1.807) is 0 Å². The fourth-order valence-electron chi connectivity index (χ4n) is 1.82. The Balaban J connectivity index is 2.13. The standard InChI is InChI=1S/C11H8N2O3S/c1-16-10(15)8-9(14)13-7-5-3-2-4-6(7)12-11(13)17-8/h2-5,8H,1H3/t8-/m0/s1. The Bertz CT molecular complexity index is 635. The molecule has 1 aliphatic rings. The first-order valence-electron chi connectivity index (χ1n) is 4.98. The van der Waals surface area contributed by atoms with Gasteiger partial charge < -0.3 is 4.74 Å². The first kappa shape index (κ1) is 10.3. The van der Waals surface area contributed by atoms with Gasteiger partial charge in [-0.25, -0.2) is 4.98 Å². The van der Waals surface area contributed by atoms with Crippen molar-refractivity contribution in [1.29, 1.82) is 0 Å². The molecule has 0 amide bonds. The van der Waals surface area contributed by atoms with Crippen LogP contribution in [0, 0.1) is 0 Å². The van der Waals surface area contributed by atoms with E-state index in [2.05, 4.69) is 9.72 Å². The zero-order valence-corrected chi connectivity index (χ0v) is 9.73. The lowest BCUT2D eigenvalue weighted by molar-refractivity contribution is -0.139. The number of imidazole rings is 1. The normalized spacial score (nSPS) is 18.4. The van der Waals surface area contributed by atoms with Crippen molar-refractivity contribution in [3.05, 3.63) is 24.3 Å². The van der Waals surface area contributed by atoms with Gasteiger partial charge in [-0.2, -0.15) is 0 Å². The SMILES string of the molecule is COC(=O)[C@H]1Sc2nc3ccccc3n2C1=O. The van der Waals surface area contributed by atoms with Crippen LogP contribution in [0.25, 0.3) is 11.0 Å². The molecule has 0 N–H and O–H groups in total. The van der Waals surface area contributed by atoms with E-state index in [1.807, 2.05) is 24.3 Å². The molecule has 0 fully saturated rings. The van der Waals surface area contributed by atoms with Crippen LogP contribution >= 0.6 is 11.8 Å². The summed E-state index contributed by atoms with van der Waals surface area (Å²) in [7, 11) is 1.27. The van der Waals surface area contributed by atoms with Crippen LogP contribution in [0.1, 0.15) is 4.79 Å². The summed E-state index contributed by atoms with van der Waals surface area (Å²) < 4.78 is 6.07. The number of hydrogen-bond acceptors (Lipinski definition) is 5. The van der Waals surface area contributed by atoms with Crippen LogP contribution in [0.2, 0.25) is 0 Å². The van der Waals surface area contributed by atoms with E-state index < -0.39 is 11.2 Å². The third-order valence-electron chi connectivity index (χ3n) is 2.61. The summed E-state index contributed by atoms with van der Waals surface area (Å²) in [4.78, 5) is 27.8. The van der Waals surface area contributed by atoms with Crippen LogP contribution < -0.4 is 0 Å². The van der Waals surface area contributed by atoms with Gasteiger partial charge >= 0.3 is 5.97 Å². The van der Waals surface area contributed by atoms with E-state index >= 15 is 0 Å². The average Bonchev–Trinajstić information content (AvgIpc) is 2.85. The van der Waals surface area contributed by atoms with Gasteiger partial charge in [0.25, 0.3) is 5.91 Å². The topological polar surface area (TPSA) is 61.2 Å². The molecule has 2 heterocycles. The molecule has 0 saturated carbocycles. The number of esters is 1.